The molecule has 1 aliphatic rings. The van der Waals surface area contributed by atoms with Crippen molar-refractivity contribution in [3.63, 3.8) is 0 Å². The summed E-state index contributed by atoms with van der Waals surface area (Å²) in [5, 5.41) is 8.95. The zero-order chi connectivity index (χ0) is 23.4. The number of methoxy groups -OCH3 is 1. The van der Waals surface area contributed by atoms with Gasteiger partial charge in [-0.25, -0.2) is 0 Å². The molecular weight excluding hydrogens is 416 g/mol. The molecule has 3 aromatic rings. The fourth-order valence-electron chi connectivity index (χ4n) is 3.97. The van der Waals surface area contributed by atoms with Gasteiger partial charge < -0.3 is 19.3 Å². The molecule has 0 spiro atoms. The molecule has 1 aliphatic heterocycles. The number of carbonyl (C=O) groups is 1. The van der Waals surface area contributed by atoms with E-state index in [1.807, 2.05) is 29.2 Å². The Morgan fingerprint density at radius 1 is 0.848 bits per heavy atom. The SMILES string of the molecule is COc1ccc(OCC(=O)N2CCN(c3ccc(-c4cc(C)c(C)cc4C)nn3)CC2)cc1. The van der Waals surface area contributed by atoms with Gasteiger partial charge in [-0.15, -0.1) is 10.2 Å². The third-order valence-corrected chi connectivity index (χ3v) is 6.15. The van der Waals surface area contributed by atoms with E-state index in [-0.39, 0.29) is 12.5 Å². The fraction of sp³-hybridized carbons (Fsp3) is 0.346. The van der Waals surface area contributed by atoms with Crippen molar-refractivity contribution in [3.05, 3.63) is 65.2 Å². The molecular formula is C26H30N4O3. The third-order valence-electron chi connectivity index (χ3n) is 6.15. The molecule has 172 valence electrons. The predicted molar refractivity (Wildman–Crippen MR) is 129 cm³/mol. The summed E-state index contributed by atoms with van der Waals surface area (Å²) in [6.45, 7) is 9.05. The van der Waals surface area contributed by atoms with Crippen LogP contribution >= 0.6 is 0 Å². The van der Waals surface area contributed by atoms with Gasteiger partial charge in [0.2, 0.25) is 0 Å². The van der Waals surface area contributed by atoms with Crippen LogP contribution in [0.2, 0.25) is 0 Å². The monoisotopic (exact) mass is 446 g/mol. The number of rotatable bonds is 6. The van der Waals surface area contributed by atoms with Crippen molar-refractivity contribution in [1.82, 2.24) is 15.1 Å². The van der Waals surface area contributed by atoms with Crippen LogP contribution in [-0.4, -0.2) is 60.9 Å². The van der Waals surface area contributed by atoms with E-state index >= 15 is 0 Å². The molecule has 1 fully saturated rings. The third kappa shape index (κ3) is 5.25. The summed E-state index contributed by atoms with van der Waals surface area (Å²) in [4.78, 5) is 16.6. The normalized spacial score (nSPS) is 13.7. The summed E-state index contributed by atoms with van der Waals surface area (Å²) >= 11 is 0. The summed E-state index contributed by atoms with van der Waals surface area (Å²) in [5.74, 6) is 2.22. The largest absolute Gasteiger partial charge is 0.497 e. The second-order valence-corrected chi connectivity index (χ2v) is 8.36. The number of anilines is 1. The van der Waals surface area contributed by atoms with Crippen molar-refractivity contribution in [2.45, 2.75) is 20.8 Å². The smallest absolute Gasteiger partial charge is 0.260 e. The average molecular weight is 447 g/mol. The van der Waals surface area contributed by atoms with Gasteiger partial charge in [0.15, 0.2) is 12.4 Å². The predicted octanol–water partition coefficient (Wildman–Crippen LogP) is 3.81. The number of amides is 1. The van der Waals surface area contributed by atoms with Crippen molar-refractivity contribution in [1.29, 1.82) is 0 Å². The number of ether oxygens (including phenoxy) is 2. The number of hydrogen-bond donors (Lipinski definition) is 0. The molecule has 33 heavy (non-hydrogen) atoms. The van der Waals surface area contributed by atoms with E-state index in [0.717, 1.165) is 22.8 Å². The fourth-order valence-corrected chi connectivity index (χ4v) is 3.97. The topological polar surface area (TPSA) is 67.8 Å². The van der Waals surface area contributed by atoms with Crippen molar-refractivity contribution in [2.24, 2.45) is 0 Å². The highest BCUT2D eigenvalue weighted by Gasteiger charge is 2.22. The lowest BCUT2D eigenvalue weighted by Crippen LogP contribution is -2.50. The van der Waals surface area contributed by atoms with Crippen LogP contribution in [0.5, 0.6) is 11.5 Å². The van der Waals surface area contributed by atoms with Gasteiger partial charge in [0.05, 0.1) is 12.8 Å². The second-order valence-electron chi connectivity index (χ2n) is 8.36. The lowest BCUT2D eigenvalue weighted by atomic mass is 9.99. The molecule has 4 rings (SSSR count). The van der Waals surface area contributed by atoms with Crippen molar-refractivity contribution < 1.29 is 14.3 Å². The van der Waals surface area contributed by atoms with Gasteiger partial charge in [0.1, 0.15) is 11.5 Å². The molecule has 1 saturated heterocycles. The van der Waals surface area contributed by atoms with Gasteiger partial charge in [-0.3, -0.25) is 4.79 Å². The number of aromatic nitrogens is 2. The number of benzene rings is 2. The molecule has 0 N–H and O–H groups in total. The van der Waals surface area contributed by atoms with Gasteiger partial charge in [-0.1, -0.05) is 6.07 Å². The first-order valence-corrected chi connectivity index (χ1v) is 11.2. The zero-order valence-corrected chi connectivity index (χ0v) is 19.7. The molecule has 0 bridgehead atoms. The van der Waals surface area contributed by atoms with Crippen molar-refractivity contribution in [2.75, 3.05) is 44.8 Å². The summed E-state index contributed by atoms with van der Waals surface area (Å²) < 4.78 is 10.8. The van der Waals surface area contributed by atoms with E-state index in [0.29, 0.717) is 31.9 Å². The molecule has 7 heteroatoms. The molecule has 2 heterocycles. The molecule has 0 aliphatic carbocycles. The minimum absolute atomic E-state index is 0.0166. The minimum atomic E-state index is -0.0166. The average Bonchev–Trinajstić information content (AvgIpc) is 2.85. The Balaban J connectivity index is 1.31. The van der Waals surface area contributed by atoms with E-state index in [4.69, 9.17) is 9.47 Å². The van der Waals surface area contributed by atoms with Gasteiger partial charge in [-0.05, 0) is 79.9 Å². The standard InChI is InChI=1S/C26H30N4O3/c1-18-15-20(3)23(16-19(18)2)24-9-10-25(28-27-24)29-11-13-30(14-12-29)26(31)17-33-22-7-5-21(32-4)6-8-22/h5-10,15-16H,11-14,17H2,1-4H3. The van der Waals surface area contributed by atoms with E-state index in [1.54, 1.807) is 19.2 Å². The van der Waals surface area contributed by atoms with E-state index in [9.17, 15) is 4.79 Å². The first-order chi connectivity index (χ1) is 15.9. The summed E-state index contributed by atoms with van der Waals surface area (Å²) in [6.07, 6.45) is 0. The molecule has 1 amide bonds. The molecule has 0 unspecified atom stereocenters. The molecule has 1 aromatic heterocycles. The van der Waals surface area contributed by atoms with Crippen LogP contribution in [-0.2, 0) is 4.79 Å². The summed E-state index contributed by atoms with van der Waals surface area (Å²) in [5.41, 5.74) is 5.72. The second kappa shape index (κ2) is 9.90. The Morgan fingerprint density at radius 2 is 1.52 bits per heavy atom. The Bertz CT molecular complexity index is 1110. The van der Waals surface area contributed by atoms with Gasteiger partial charge in [0, 0.05) is 31.7 Å². The first kappa shape index (κ1) is 22.6. The van der Waals surface area contributed by atoms with Gasteiger partial charge >= 0.3 is 0 Å². The van der Waals surface area contributed by atoms with E-state index in [1.165, 1.54) is 16.7 Å². The number of aryl methyl sites for hydroxylation is 3. The minimum Gasteiger partial charge on any atom is -0.497 e. The molecule has 7 nitrogen and oxygen atoms in total. The molecule has 2 aromatic carbocycles. The van der Waals surface area contributed by atoms with Crippen molar-refractivity contribution in [3.8, 4) is 22.8 Å². The van der Waals surface area contributed by atoms with Crippen LogP contribution in [0.15, 0.2) is 48.5 Å². The maximum Gasteiger partial charge on any atom is 0.260 e. The van der Waals surface area contributed by atoms with Crippen LogP contribution < -0.4 is 14.4 Å². The Hall–Kier alpha value is -3.61. The lowest BCUT2D eigenvalue weighted by Gasteiger charge is -2.35. The van der Waals surface area contributed by atoms with E-state index < -0.39 is 0 Å². The Kier molecular flexibility index (Phi) is 6.77. The van der Waals surface area contributed by atoms with Crippen LogP contribution in [0.4, 0.5) is 5.82 Å². The lowest BCUT2D eigenvalue weighted by molar-refractivity contribution is -0.133. The highest BCUT2D eigenvalue weighted by Crippen LogP contribution is 2.26. The molecule has 0 radical (unpaired) electrons. The zero-order valence-electron chi connectivity index (χ0n) is 19.7. The van der Waals surface area contributed by atoms with Crippen LogP contribution in [0.1, 0.15) is 16.7 Å². The highest BCUT2D eigenvalue weighted by atomic mass is 16.5. The van der Waals surface area contributed by atoms with Crippen molar-refractivity contribution >= 4 is 11.7 Å². The summed E-state index contributed by atoms with van der Waals surface area (Å²) in [7, 11) is 1.62. The maximum absolute atomic E-state index is 12.6. The van der Waals surface area contributed by atoms with Gasteiger partial charge in [-0.2, -0.15) is 0 Å². The van der Waals surface area contributed by atoms with Crippen LogP contribution in [0.3, 0.4) is 0 Å². The molecule has 0 saturated carbocycles. The number of hydrogen-bond acceptors (Lipinski definition) is 6. The van der Waals surface area contributed by atoms with Gasteiger partial charge in [0.25, 0.3) is 5.91 Å². The Labute approximate surface area is 195 Å². The summed E-state index contributed by atoms with van der Waals surface area (Å²) in [6, 6.07) is 15.6. The first-order valence-electron chi connectivity index (χ1n) is 11.2. The number of nitrogens with zero attached hydrogens (tertiary/aromatic N) is 4. The highest BCUT2D eigenvalue weighted by molar-refractivity contribution is 5.78. The van der Waals surface area contributed by atoms with Crippen LogP contribution in [0, 0.1) is 20.8 Å². The van der Waals surface area contributed by atoms with Crippen LogP contribution in [0.25, 0.3) is 11.3 Å². The quantitative estimate of drug-likeness (QED) is 0.574. The number of piperazine rings is 1. The van der Waals surface area contributed by atoms with E-state index in [2.05, 4.69) is 48.0 Å². The number of carbonyl (C=O) groups excluding carboxylic acids is 1. The Morgan fingerprint density at radius 3 is 2.15 bits per heavy atom. The molecule has 0 atom stereocenters. The maximum atomic E-state index is 12.6.